The Balaban J connectivity index is 1.11. The summed E-state index contributed by atoms with van der Waals surface area (Å²) in [6.45, 7) is 1.23. The number of ketones is 1. The highest BCUT2D eigenvalue weighted by molar-refractivity contribution is 6.06. The van der Waals surface area contributed by atoms with Gasteiger partial charge in [0.1, 0.15) is 5.75 Å². The molecule has 0 amide bonds. The summed E-state index contributed by atoms with van der Waals surface area (Å²) in [4.78, 5) is 17.4. The molecular formula is C47H55N4O6-. The molecule has 57 heavy (non-hydrogen) atoms. The molecule has 300 valence electrons. The molecule has 8 N–H and O–H groups in total. The van der Waals surface area contributed by atoms with Crippen molar-refractivity contribution in [1.29, 1.82) is 0 Å². The number of carbonyl (C=O) groups is 1. The van der Waals surface area contributed by atoms with E-state index in [9.17, 15) is 25.2 Å². The molecule has 10 heteroatoms. The first-order valence-corrected chi connectivity index (χ1v) is 20.1. The molecule has 3 aromatic carbocycles. The summed E-state index contributed by atoms with van der Waals surface area (Å²) < 4.78 is 6.07. The fourth-order valence-electron chi connectivity index (χ4n) is 8.17. The summed E-state index contributed by atoms with van der Waals surface area (Å²) in [7, 11) is 1.96. The number of hydrogen-bond acceptors (Lipinski definition) is 10. The van der Waals surface area contributed by atoms with Crippen molar-refractivity contribution in [2.45, 2.75) is 95.2 Å². The summed E-state index contributed by atoms with van der Waals surface area (Å²) in [6, 6.07) is 16.1. The van der Waals surface area contributed by atoms with E-state index < -0.39 is 12.1 Å². The fourth-order valence-corrected chi connectivity index (χ4v) is 8.17. The highest BCUT2D eigenvalue weighted by Gasteiger charge is 2.36. The van der Waals surface area contributed by atoms with E-state index in [1.54, 1.807) is 42.6 Å². The monoisotopic (exact) mass is 771 g/mol. The molecule has 0 spiro atoms. The Labute approximate surface area is 336 Å². The maximum absolute atomic E-state index is 13.7. The molecule has 3 aliphatic rings. The van der Waals surface area contributed by atoms with Crippen LogP contribution in [0.5, 0.6) is 17.2 Å². The topological polar surface area (TPSA) is 186 Å². The highest BCUT2D eigenvalue weighted by atomic mass is 16.5. The SMILES string of the molecule is CNCCCCCC1(C=CC(=O)CCc2ccc(O)c(OCCc3ccc(O)c(C4CC([O-])=C5C=CN=C5CC#Cc5cc(C(N)N)ccc54)c3)c2)CCC(O)C1. The second-order valence-corrected chi connectivity index (χ2v) is 15.6. The van der Waals surface area contributed by atoms with Crippen molar-refractivity contribution >= 4 is 11.5 Å². The quantitative estimate of drug-likeness (QED) is 0.0423. The predicted molar refractivity (Wildman–Crippen MR) is 222 cm³/mol. The van der Waals surface area contributed by atoms with Crippen LogP contribution in [-0.2, 0) is 17.6 Å². The number of carbonyl (C=O) groups excluding carboxylic acids is 1. The number of aliphatic hydroxyl groups is 1. The van der Waals surface area contributed by atoms with Gasteiger partial charge in [-0.1, -0.05) is 61.1 Å². The number of phenols is 2. The van der Waals surface area contributed by atoms with Crippen molar-refractivity contribution in [3.63, 3.8) is 0 Å². The van der Waals surface area contributed by atoms with Crippen molar-refractivity contribution in [2.24, 2.45) is 21.9 Å². The lowest BCUT2D eigenvalue weighted by Crippen LogP contribution is -2.21. The second-order valence-electron chi connectivity index (χ2n) is 15.6. The third kappa shape index (κ3) is 10.8. The van der Waals surface area contributed by atoms with Crippen LogP contribution in [0.2, 0.25) is 0 Å². The van der Waals surface area contributed by atoms with Gasteiger partial charge in [0.25, 0.3) is 0 Å². The van der Waals surface area contributed by atoms with E-state index in [2.05, 4.69) is 28.2 Å². The first kappa shape index (κ1) is 41.5. The summed E-state index contributed by atoms with van der Waals surface area (Å²) >= 11 is 0. The third-order valence-electron chi connectivity index (χ3n) is 11.4. The van der Waals surface area contributed by atoms with Gasteiger partial charge in [0.2, 0.25) is 0 Å². The Hall–Kier alpha value is -5.18. The number of ether oxygens (including phenoxy) is 1. The number of allylic oxidation sites excluding steroid dienone is 5. The number of nitrogens with one attached hydrogen (secondary N) is 1. The molecule has 0 bridgehead atoms. The van der Waals surface area contributed by atoms with E-state index in [0.29, 0.717) is 65.8 Å². The van der Waals surface area contributed by atoms with Crippen LogP contribution < -0.4 is 26.6 Å². The van der Waals surface area contributed by atoms with Crippen LogP contribution in [0.25, 0.3) is 0 Å². The van der Waals surface area contributed by atoms with E-state index in [1.807, 2.05) is 37.4 Å². The number of aromatic hydroxyl groups is 2. The van der Waals surface area contributed by atoms with Crippen LogP contribution in [0.4, 0.5) is 0 Å². The second kappa shape index (κ2) is 19.3. The van der Waals surface area contributed by atoms with E-state index >= 15 is 0 Å². The van der Waals surface area contributed by atoms with Gasteiger partial charge in [-0.25, -0.2) is 0 Å². The van der Waals surface area contributed by atoms with Crippen LogP contribution in [0.1, 0.15) is 110 Å². The van der Waals surface area contributed by atoms with Gasteiger partial charge < -0.3 is 41.9 Å². The van der Waals surface area contributed by atoms with E-state index in [1.165, 1.54) is 0 Å². The van der Waals surface area contributed by atoms with Crippen LogP contribution >= 0.6 is 0 Å². The van der Waals surface area contributed by atoms with Crippen molar-refractivity contribution in [1.82, 2.24) is 5.32 Å². The molecular weight excluding hydrogens is 717 g/mol. The maximum Gasteiger partial charge on any atom is 0.161 e. The zero-order valence-corrected chi connectivity index (χ0v) is 32.8. The number of fused-ring (bicyclic) bond motifs is 2. The Morgan fingerprint density at radius 1 is 1.05 bits per heavy atom. The first-order chi connectivity index (χ1) is 27.5. The van der Waals surface area contributed by atoms with E-state index in [4.69, 9.17) is 16.2 Å². The highest BCUT2D eigenvalue weighted by Crippen LogP contribution is 2.44. The zero-order chi connectivity index (χ0) is 40.4. The molecule has 1 heterocycles. The molecule has 0 aromatic heterocycles. The largest absolute Gasteiger partial charge is 0.875 e. The number of aryl methyl sites for hydroxylation is 1. The number of unbranched alkanes of at least 4 members (excludes halogenated alkanes) is 2. The molecule has 1 aliphatic heterocycles. The lowest BCUT2D eigenvalue weighted by Gasteiger charge is -2.27. The maximum atomic E-state index is 13.7. The minimum Gasteiger partial charge on any atom is -0.875 e. The number of nitrogens with zero attached hydrogens (tertiary/aromatic N) is 1. The first-order valence-electron chi connectivity index (χ1n) is 20.1. The number of aliphatic imine (C=N–C) groups is 1. The average Bonchev–Trinajstić information content (AvgIpc) is 3.83. The van der Waals surface area contributed by atoms with Crippen LogP contribution in [0.3, 0.4) is 0 Å². The lowest BCUT2D eigenvalue weighted by atomic mass is 9.80. The van der Waals surface area contributed by atoms with Gasteiger partial charge in [0.05, 0.1) is 31.0 Å². The molecule has 0 radical (unpaired) electrons. The fraction of sp³-hybridized carbons (Fsp3) is 0.404. The minimum atomic E-state index is -0.698. The molecule has 2 aliphatic carbocycles. The smallest absolute Gasteiger partial charge is 0.161 e. The molecule has 3 aromatic rings. The standard InChI is InChI=1S/C47H56N4O6/c1-50-23-4-2-3-20-47(22-17-36(53)30-47)21-16-35(52)12-8-31-10-15-43(55)45(27-31)57-25-19-32-9-14-42(54)40(26-32)39-29-44(56)38-18-24-51-41(38)7-5-6-33-28-34(46(48)49)11-13-37(33)39/h9-11,13-16,18,21,24,26-28,36,39,46,50,53-56H,2-4,7-8,12,17,19-20,22-23,25,29-30,48-49H2,1H3/p-1. The molecule has 0 saturated heterocycles. The van der Waals surface area contributed by atoms with Crippen molar-refractivity contribution in [3.8, 4) is 29.1 Å². The van der Waals surface area contributed by atoms with Crippen LogP contribution in [0, 0.1) is 17.3 Å². The van der Waals surface area contributed by atoms with Crippen molar-refractivity contribution < 1.29 is 30.0 Å². The third-order valence-corrected chi connectivity index (χ3v) is 11.4. The number of phenolic OH excluding ortho intramolecular Hbond substituents is 2. The van der Waals surface area contributed by atoms with Crippen molar-refractivity contribution in [2.75, 3.05) is 20.2 Å². The summed E-state index contributed by atoms with van der Waals surface area (Å²) in [5.41, 5.74) is 17.5. The van der Waals surface area contributed by atoms with Gasteiger partial charge in [0.15, 0.2) is 17.3 Å². The number of nitrogens with two attached hydrogens (primary N) is 2. The Bertz CT molecular complexity index is 2110. The Morgan fingerprint density at radius 2 is 1.86 bits per heavy atom. The summed E-state index contributed by atoms with van der Waals surface area (Å²) in [6.07, 6.45) is 14.4. The Morgan fingerprint density at radius 3 is 2.63 bits per heavy atom. The van der Waals surface area contributed by atoms with Gasteiger partial charge in [-0.2, -0.15) is 0 Å². The number of aliphatic hydroxyl groups excluding tert-OH is 1. The van der Waals surface area contributed by atoms with Crippen LogP contribution in [0.15, 0.2) is 95.3 Å². The van der Waals surface area contributed by atoms with Crippen molar-refractivity contribution in [3.05, 3.63) is 124 Å². The van der Waals surface area contributed by atoms with Gasteiger partial charge in [-0.3, -0.25) is 9.79 Å². The molecule has 10 nitrogen and oxygen atoms in total. The Kier molecular flexibility index (Phi) is 14.0. The molecule has 1 fully saturated rings. The zero-order valence-electron chi connectivity index (χ0n) is 32.8. The number of rotatable bonds is 17. The summed E-state index contributed by atoms with van der Waals surface area (Å²) in [5, 5.41) is 49.0. The van der Waals surface area contributed by atoms with Gasteiger partial charge in [-0.05, 0) is 128 Å². The average molecular weight is 772 g/mol. The van der Waals surface area contributed by atoms with Gasteiger partial charge >= 0.3 is 0 Å². The van der Waals surface area contributed by atoms with Crippen LogP contribution in [-0.4, -0.2) is 53.1 Å². The normalized spacial score (nSPS) is 20.3. The van der Waals surface area contributed by atoms with E-state index in [0.717, 1.165) is 61.8 Å². The number of hydrogen-bond donors (Lipinski definition) is 6. The minimum absolute atomic E-state index is 0.00323. The lowest BCUT2D eigenvalue weighted by molar-refractivity contribution is -0.307. The van der Waals surface area contributed by atoms with E-state index in [-0.39, 0.29) is 47.6 Å². The van der Waals surface area contributed by atoms with Gasteiger partial charge in [0, 0.05) is 36.1 Å². The predicted octanol–water partition coefficient (Wildman–Crippen LogP) is 5.86. The molecule has 6 rings (SSSR count). The van der Waals surface area contributed by atoms with Gasteiger partial charge in [-0.15, -0.1) is 5.76 Å². The molecule has 1 saturated carbocycles. The number of benzene rings is 3. The molecule has 3 atom stereocenters. The molecule has 3 unspecified atom stereocenters. The summed E-state index contributed by atoms with van der Waals surface area (Å²) in [5.74, 6) is 6.21.